The van der Waals surface area contributed by atoms with E-state index in [0.29, 0.717) is 13.1 Å². The summed E-state index contributed by atoms with van der Waals surface area (Å²) in [6, 6.07) is 13.2. The van der Waals surface area contributed by atoms with Gasteiger partial charge in [0.15, 0.2) is 5.76 Å². The van der Waals surface area contributed by atoms with E-state index in [1.807, 2.05) is 37.4 Å². The molecule has 0 aliphatic heterocycles. The summed E-state index contributed by atoms with van der Waals surface area (Å²) in [5, 5.41) is 5.47. The van der Waals surface area contributed by atoms with Crippen molar-refractivity contribution in [2.45, 2.75) is 6.42 Å². The second-order valence-electron chi connectivity index (χ2n) is 5.09. The number of carbonyl (C=O) groups excluding carboxylic acids is 2. The lowest BCUT2D eigenvalue weighted by molar-refractivity contribution is -0.120. The summed E-state index contributed by atoms with van der Waals surface area (Å²) in [6.45, 7) is 1.55. The Morgan fingerprint density at radius 1 is 1.04 bits per heavy atom. The molecule has 0 atom stereocenters. The quantitative estimate of drug-likeness (QED) is 0.777. The molecule has 2 amide bonds. The topological polar surface area (TPSA) is 74.6 Å². The third-order valence-electron chi connectivity index (χ3n) is 3.35. The maximum absolute atomic E-state index is 11.7. The van der Waals surface area contributed by atoms with Gasteiger partial charge in [-0.1, -0.05) is 18.2 Å². The first-order chi connectivity index (χ1) is 11.2. The molecule has 0 spiro atoms. The molecule has 0 fully saturated rings. The van der Waals surface area contributed by atoms with Crippen LogP contribution in [0.1, 0.15) is 17.0 Å². The number of nitrogens with zero attached hydrogens (tertiary/aromatic N) is 1. The molecule has 2 aromatic rings. The van der Waals surface area contributed by atoms with Crippen LogP contribution in [0.3, 0.4) is 0 Å². The minimum absolute atomic E-state index is 0.0915. The average Bonchev–Trinajstić information content (AvgIpc) is 3.10. The molecule has 0 saturated heterocycles. The number of hydrogen-bond donors (Lipinski definition) is 2. The number of rotatable bonds is 8. The first-order valence-corrected chi connectivity index (χ1v) is 7.51. The summed E-state index contributed by atoms with van der Waals surface area (Å²) in [7, 11) is 1.98. The zero-order chi connectivity index (χ0) is 16.5. The molecule has 2 rings (SSSR count). The Morgan fingerprint density at radius 3 is 2.52 bits per heavy atom. The zero-order valence-electron chi connectivity index (χ0n) is 13.1. The molecule has 6 heteroatoms. The zero-order valence-corrected chi connectivity index (χ0v) is 13.1. The number of para-hydroxylation sites is 1. The Kier molecular flexibility index (Phi) is 6.23. The predicted octanol–water partition coefficient (Wildman–Crippen LogP) is 1.65. The molecule has 0 bridgehead atoms. The molecule has 0 saturated carbocycles. The van der Waals surface area contributed by atoms with Crippen molar-refractivity contribution in [2.75, 3.05) is 31.6 Å². The van der Waals surface area contributed by atoms with Crippen LogP contribution in [0, 0.1) is 0 Å². The summed E-state index contributed by atoms with van der Waals surface area (Å²) in [6.07, 6.45) is 1.67. The molecule has 2 N–H and O–H groups in total. The van der Waals surface area contributed by atoms with E-state index in [-0.39, 0.29) is 30.5 Å². The van der Waals surface area contributed by atoms with Crippen LogP contribution in [0.15, 0.2) is 53.1 Å². The highest BCUT2D eigenvalue weighted by atomic mass is 16.3. The Balaban J connectivity index is 1.59. The Bertz CT molecular complexity index is 611. The van der Waals surface area contributed by atoms with Crippen molar-refractivity contribution < 1.29 is 14.0 Å². The second kappa shape index (κ2) is 8.63. The first kappa shape index (κ1) is 16.6. The van der Waals surface area contributed by atoms with Gasteiger partial charge in [0.2, 0.25) is 5.91 Å². The molecule has 0 aliphatic carbocycles. The predicted molar refractivity (Wildman–Crippen MR) is 88.4 cm³/mol. The van der Waals surface area contributed by atoms with E-state index in [4.69, 9.17) is 4.42 Å². The van der Waals surface area contributed by atoms with E-state index >= 15 is 0 Å². The number of benzene rings is 1. The van der Waals surface area contributed by atoms with Crippen LogP contribution >= 0.6 is 0 Å². The van der Waals surface area contributed by atoms with E-state index < -0.39 is 0 Å². The van der Waals surface area contributed by atoms with Gasteiger partial charge in [-0.2, -0.15) is 0 Å². The minimum atomic E-state index is -0.313. The Hall–Kier alpha value is -2.76. The molecule has 23 heavy (non-hydrogen) atoms. The van der Waals surface area contributed by atoms with Crippen molar-refractivity contribution in [3.8, 4) is 0 Å². The number of amides is 2. The fourth-order valence-electron chi connectivity index (χ4n) is 2.05. The SMILES string of the molecule is CN(CCNC(=O)CCNC(=O)c1ccco1)c1ccccc1. The van der Waals surface area contributed by atoms with Crippen molar-refractivity contribution in [1.29, 1.82) is 0 Å². The molecular formula is C17H21N3O3. The molecule has 0 unspecified atom stereocenters. The van der Waals surface area contributed by atoms with Gasteiger partial charge in [-0.25, -0.2) is 0 Å². The summed E-state index contributed by atoms with van der Waals surface area (Å²) in [4.78, 5) is 25.4. The maximum Gasteiger partial charge on any atom is 0.286 e. The minimum Gasteiger partial charge on any atom is -0.459 e. The van der Waals surface area contributed by atoms with E-state index in [1.54, 1.807) is 12.1 Å². The summed E-state index contributed by atoms with van der Waals surface area (Å²) in [5.41, 5.74) is 1.10. The average molecular weight is 315 g/mol. The van der Waals surface area contributed by atoms with Gasteiger partial charge >= 0.3 is 0 Å². The lowest BCUT2D eigenvalue weighted by atomic mass is 10.3. The van der Waals surface area contributed by atoms with Gasteiger partial charge in [-0.3, -0.25) is 9.59 Å². The Labute approximate surface area is 135 Å². The molecule has 0 radical (unpaired) electrons. The van der Waals surface area contributed by atoms with Crippen LogP contribution < -0.4 is 15.5 Å². The van der Waals surface area contributed by atoms with Crippen molar-refractivity contribution in [1.82, 2.24) is 10.6 Å². The van der Waals surface area contributed by atoms with Crippen LogP contribution in [0.2, 0.25) is 0 Å². The van der Waals surface area contributed by atoms with E-state index in [2.05, 4.69) is 15.5 Å². The van der Waals surface area contributed by atoms with Crippen molar-refractivity contribution >= 4 is 17.5 Å². The van der Waals surface area contributed by atoms with Crippen molar-refractivity contribution in [2.24, 2.45) is 0 Å². The fraction of sp³-hybridized carbons (Fsp3) is 0.294. The van der Waals surface area contributed by atoms with E-state index in [0.717, 1.165) is 5.69 Å². The molecule has 1 heterocycles. The lowest BCUT2D eigenvalue weighted by Gasteiger charge is -2.19. The van der Waals surface area contributed by atoms with Gasteiger partial charge in [0.25, 0.3) is 5.91 Å². The number of carbonyl (C=O) groups is 2. The third-order valence-corrected chi connectivity index (χ3v) is 3.35. The highest BCUT2D eigenvalue weighted by Crippen LogP contribution is 2.09. The van der Waals surface area contributed by atoms with Crippen LogP contribution in [0.25, 0.3) is 0 Å². The maximum atomic E-state index is 11.7. The normalized spacial score (nSPS) is 10.1. The van der Waals surface area contributed by atoms with Gasteiger partial charge in [0, 0.05) is 38.8 Å². The summed E-state index contributed by atoms with van der Waals surface area (Å²) in [5.74, 6) is -0.160. The van der Waals surface area contributed by atoms with Gasteiger partial charge in [0.05, 0.1) is 6.26 Å². The highest BCUT2D eigenvalue weighted by Gasteiger charge is 2.08. The monoisotopic (exact) mass is 315 g/mol. The second-order valence-corrected chi connectivity index (χ2v) is 5.09. The largest absolute Gasteiger partial charge is 0.459 e. The van der Waals surface area contributed by atoms with Gasteiger partial charge in [0.1, 0.15) is 0 Å². The fourth-order valence-corrected chi connectivity index (χ4v) is 2.05. The van der Waals surface area contributed by atoms with Crippen molar-refractivity contribution in [3.63, 3.8) is 0 Å². The number of nitrogens with one attached hydrogen (secondary N) is 2. The lowest BCUT2D eigenvalue weighted by Crippen LogP contribution is -2.35. The molecule has 0 aliphatic rings. The summed E-state index contributed by atoms with van der Waals surface area (Å²) >= 11 is 0. The molecule has 6 nitrogen and oxygen atoms in total. The number of furan rings is 1. The van der Waals surface area contributed by atoms with Gasteiger partial charge in [-0.15, -0.1) is 0 Å². The van der Waals surface area contributed by atoms with Crippen LogP contribution in [0.5, 0.6) is 0 Å². The van der Waals surface area contributed by atoms with E-state index in [1.165, 1.54) is 6.26 Å². The third kappa shape index (κ3) is 5.50. The van der Waals surface area contributed by atoms with Gasteiger partial charge < -0.3 is 20.0 Å². The van der Waals surface area contributed by atoms with Crippen LogP contribution in [0.4, 0.5) is 5.69 Å². The van der Waals surface area contributed by atoms with Gasteiger partial charge in [-0.05, 0) is 24.3 Å². The highest BCUT2D eigenvalue weighted by molar-refractivity contribution is 5.91. The van der Waals surface area contributed by atoms with Crippen LogP contribution in [-0.4, -0.2) is 38.5 Å². The Morgan fingerprint density at radius 2 is 1.83 bits per heavy atom. The number of anilines is 1. The molecule has 122 valence electrons. The number of hydrogen-bond acceptors (Lipinski definition) is 4. The smallest absolute Gasteiger partial charge is 0.286 e. The summed E-state index contributed by atoms with van der Waals surface area (Å²) < 4.78 is 4.97. The van der Waals surface area contributed by atoms with Crippen LogP contribution in [-0.2, 0) is 4.79 Å². The standard InChI is InChI=1S/C17H21N3O3/c1-20(14-6-3-2-4-7-14)12-11-18-16(21)9-10-19-17(22)15-8-5-13-23-15/h2-8,13H,9-12H2,1H3,(H,18,21)(H,19,22). The first-order valence-electron chi connectivity index (χ1n) is 7.51. The molecular weight excluding hydrogens is 294 g/mol. The van der Waals surface area contributed by atoms with Crippen molar-refractivity contribution in [3.05, 3.63) is 54.5 Å². The van der Waals surface area contributed by atoms with E-state index in [9.17, 15) is 9.59 Å². The molecule has 1 aromatic carbocycles. The number of likely N-dealkylation sites (N-methyl/N-ethyl adjacent to an activating group) is 1. The molecule has 1 aromatic heterocycles.